The molecular formula is C21H28N6O3. The fourth-order valence-electron chi connectivity index (χ4n) is 3.43. The van der Waals surface area contributed by atoms with Crippen molar-refractivity contribution in [2.24, 2.45) is 0 Å². The molecule has 160 valence electrons. The summed E-state index contributed by atoms with van der Waals surface area (Å²) in [6.07, 6.45) is 5.09. The summed E-state index contributed by atoms with van der Waals surface area (Å²) < 4.78 is 10.6. The first-order valence-electron chi connectivity index (χ1n) is 10.1. The molecule has 2 heterocycles. The highest BCUT2D eigenvalue weighted by Crippen LogP contribution is 2.27. The molecular weight excluding hydrogens is 384 g/mol. The van der Waals surface area contributed by atoms with Gasteiger partial charge in [-0.25, -0.2) is 9.78 Å². The third-order valence-electron chi connectivity index (χ3n) is 4.70. The van der Waals surface area contributed by atoms with E-state index in [1.54, 1.807) is 12.3 Å². The van der Waals surface area contributed by atoms with Crippen LogP contribution in [-0.4, -0.2) is 33.9 Å². The fourth-order valence-corrected chi connectivity index (χ4v) is 3.43. The standard InChI is InChI=1S/C21H28N6O3/c1-13-9-19(30-27-13)25-17-10-14(12-23-18(17)11-22)24-15-7-5-6-8-16(15)26-20(28)29-21(2,3)4/h9-10,12,15-16,24-25H,5-8H2,1-4H3,(H,26,28)/t15-,16+/m1/s1. The normalized spacial score (nSPS) is 18.9. The zero-order valence-electron chi connectivity index (χ0n) is 17.8. The molecule has 9 heteroatoms. The number of amides is 1. The van der Waals surface area contributed by atoms with Crippen molar-refractivity contribution in [1.29, 1.82) is 5.26 Å². The number of aryl methyl sites for hydroxylation is 1. The Morgan fingerprint density at radius 3 is 2.63 bits per heavy atom. The molecule has 3 N–H and O–H groups in total. The molecule has 9 nitrogen and oxygen atoms in total. The molecule has 1 aliphatic carbocycles. The number of aromatic nitrogens is 2. The van der Waals surface area contributed by atoms with Gasteiger partial charge in [-0.15, -0.1) is 0 Å². The van der Waals surface area contributed by atoms with E-state index in [1.165, 1.54) is 0 Å². The third kappa shape index (κ3) is 5.86. The van der Waals surface area contributed by atoms with Gasteiger partial charge < -0.3 is 25.2 Å². The number of carbonyl (C=O) groups is 1. The molecule has 1 saturated carbocycles. The summed E-state index contributed by atoms with van der Waals surface area (Å²) in [4.78, 5) is 16.5. The van der Waals surface area contributed by atoms with Crippen LogP contribution in [0.15, 0.2) is 22.9 Å². The van der Waals surface area contributed by atoms with Crippen LogP contribution in [0.1, 0.15) is 57.8 Å². The second-order valence-electron chi connectivity index (χ2n) is 8.48. The summed E-state index contributed by atoms with van der Waals surface area (Å²) in [5.74, 6) is 0.435. The lowest BCUT2D eigenvalue weighted by molar-refractivity contribution is 0.0488. The number of pyridine rings is 1. The van der Waals surface area contributed by atoms with Crippen LogP contribution in [0.5, 0.6) is 0 Å². The third-order valence-corrected chi connectivity index (χ3v) is 4.70. The number of hydrogen-bond donors (Lipinski definition) is 3. The molecule has 0 bridgehead atoms. The molecule has 3 rings (SSSR count). The lowest BCUT2D eigenvalue weighted by Gasteiger charge is -2.34. The topological polar surface area (TPSA) is 125 Å². The molecule has 30 heavy (non-hydrogen) atoms. The van der Waals surface area contributed by atoms with Gasteiger partial charge in [-0.1, -0.05) is 18.0 Å². The van der Waals surface area contributed by atoms with Crippen LogP contribution in [0, 0.1) is 18.3 Å². The number of ether oxygens (including phenoxy) is 1. The molecule has 0 unspecified atom stereocenters. The SMILES string of the molecule is Cc1cc(Nc2cc(N[C@@H]3CCCC[C@@H]3NC(=O)OC(C)(C)C)cnc2C#N)on1. The number of carbonyl (C=O) groups excluding carboxylic acids is 1. The Morgan fingerprint density at radius 1 is 1.27 bits per heavy atom. The Bertz CT molecular complexity index is 928. The number of nitrogens with one attached hydrogen (secondary N) is 3. The minimum atomic E-state index is -0.543. The minimum Gasteiger partial charge on any atom is -0.444 e. The summed E-state index contributed by atoms with van der Waals surface area (Å²) >= 11 is 0. The van der Waals surface area contributed by atoms with Gasteiger partial charge in [0.2, 0.25) is 5.88 Å². The molecule has 0 spiro atoms. The van der Waals surface area contributed by atoms with Crippen LogP contribution in [0.3, 0.4) is 0 Å². The summed E-state index contributed by atoms with van der Waals surface area (Å²) in [6.45, 7) is 7.35. The number of nitriles is 1. The number of anilines is 3. The van der Waals surface area contributed by atoms with E-state index in [9.17, 15) is 10.1 Å². The van der Waals surface area contributed by atoms with Crippen molar-refractivity contribution in [2.75, 3.05) is 10.6 Å². The van der Waals surface area contributed by atoms with Crippen molar-refractivity contribution in [3.63, 3.8) is 0 Å². The minimum absolute atomic E-state index is 0.0291. The molecule has 2 atom stereocenters. The maximum absolute atomic E-state index is 12.2. The summed E-state index contributed by atoms with van der Waals surface area (Å²) in [5, 5.41) is 22.7. The van der Waals surface area contributed by atoms with Crippen molar-refractivity contribution < 1.29 is 14.1 Å². The van der Waals surface area contributed by atoms with Crippen LogP contribution in [-0.2, 0) is 4.74 Å². The van der Waals surface area contributed by atoms with Crippen molar-refractivity contribution in [3.8, 4) is 6.07 Å². The van der Waals surface area contributed by atoms with E-state index in [2.05, 4.69) is 32.2 Å². The molecule has 0 aliphatic heterocycles. The highest BCUT2D eigenvalue weighted by atomic mass is 16.6. The average Bonchev–Trinajstić information content (AvgIpc) is 3.07. The second-order valence-corrected chi connectivity index (χ2v) is 8.48. The molecule has 1 aliphatic rings. The summed E-state index contributed by atoms with van der Waals surface area (Å²) in [5.41, 5.74) is 1.71. The monoisotopic (exact) mass is 412 g/mol. The van der Waals surface area contributed by atoms with E-state index in [1.807, 2.05) is 33.8 Å². The van der Waals surface area contributed by atoms with E-state index < -0.39 is 11.7 Å². The van der Waals surface area contributed by atoms with Gasteiger partial charge in [0.15, 0.2) is 5.69 Å². The predicted octanol–water partition coefficient (Wildman–Crippen LogP) is 4.24. The first-order chi connectivity index (χ1) is 14.2. The Kier molecular flexibility index (Phi) is 6.45. The number of hydrogen-bond acceptors (Lipinski definition) is 8. The first kappa shape index (κ1) is 21.4. The zero-order chi connectivity index (χ0) is 21.7. The van der Waals surface area contributed by atoms with Gasteiger partial charge in [-0.2, -0.15) is 5.26 Å². The van der Waals surface area contributed by atoms with Gasteiger partial charge in [0, 0.05) is 12.1 Å². The van der Waals surface area contributed by atoms with Crippen LogP contribution >= 0.6 is 0 Å². The lowest BCUT2D eigenvalue weighted by atomic mass is 9.90. The highest BCUT2D eigenvalue weighted by molar-refractivity contribution is 5.69. The smallest absolute Gasteiger partial charge is 0.407 e. The van der Waals surface area contributed by atoms with Gasteiger partial charge in [0.1, 0.15) is 11.7 Å². The van der Waals surface area contributed by atoms with Gasteiger partial charge >= 0.3 is 6.09 Å². The van der Waals surface area contributed by atoms with Gasteiger partial charge in [-0.3, -0.25) is 0 Å². The van der Waals surface area contributed by atoms with Gasteiger partial charge in [0.25, 0.3) is 0 Å². The Morgan fingerprint density at radius 2 is 2.00 bits per heavy atom. The molecule has 2 aromatic rings. The number of nitrogens with zero attached hydrogens (tertiary/aromatic N) is 3. The Balaban J connectivity index is 1.72. The number of alkyl carbamates (subject to hydrolysis) is 1. The maximum atomic E-state index is 12.2. The Hall–Kier alpha value is -3.28. The predicted molar refractivity (Wildman–Crippen MR) is 113 cm³/mol. The van der Waals surface area contributed by atoms with E-state index in [0.29, 0.717) is 11.6 Å². The summed E-state index contributed by atoms with van der Waals surface area (Å²) in [7, 11) is 0. The molecule has 1 amide bonds. The average molecular weight is 412 g/mol. The first-order valence-corrected chi connectivity index (χ1v) is 10.1. The fraction of sp³-hybridized carbons (Fsp3) is 0.524. The van der Waals surface area contributed by atoms with Crippen molar-refractivity contribution in [3.05, 3.63) is 29.7 Å². The van der Waals surface area contributed by atoms with E-state index in [-0.39, 0.29) is 17.8 Å². The Labute approximate surface area is 176 Å². The van der Waals surface area contributed by atoms with Crippen molar-refractivity contribution in [1.82, 2.24) is 15.5 Å². The molecule has 0 aromatic carbocycles. The van der Waals surface area contributed by atoms with Crippen LogP contribution in [0.2, 0.25) is 0 Å². The van der Waals surface area contributed by atoms with Crippen molar-refractivity contribution >= 4 is 23.4 Å². The highest BCUT2D eigenvalue weighted by Gasteiger charge is 2.28. The second kappa shape index (κ2) is 9.03. The van der Waals surface area contributed by atoms with Crippen molar-refractivity contribution in [2.45, 2.75) is 71.1 Å². The molecule has 2 aromatic heterocycles. The maximum Gasteiger partial charge on any atom is 0.407 e. The van der Waals surface area contributed by atoms with E-state index in [0.717, 1.165) is 37.1 Å². The molecule has 0 saturated heterocycles. The molecule has 1 fully saturated rings. The largest absolute Gasteiger partial charge is 0.444 e. The quantitative estimate of drug-likeness (QED) is 0.666. The van der Waals surface area contributed by atoms with Gasteiger partial charge in [-0.05, 0) is 46.6 Å². The number of rotatable bonds is 5. The zero-order valence-corrected chi connectivity index (χ0v) is 17.8. The van der Waals surface area contributed by atoms with Crippen LogP contribution < -0.4 is 16.0 Å². The van der Waals surface area contributed by atoms with Crippen LogP contribution in [0.4, 0.5) is 22.1 Å². The van der Waals surface area contributed by atoms with E-state index in [4.69, 9.17) is 9.26 Å². The lowest BCUT2D eigenvalue weighted by Crippen LogP contribution is -2.49. The van der Waals surface area contributed by atoms with Crippen LogP contribution in [0.25, 0.3) is 0 Å². The summed E-state index contributed by atoms with van der Waals surface area (Å²) in [6, 6.07) is 5.59. The molecule has 0 radical (unpaired) electrons. The van der Waals surface area contributed by atoms with E-state index >= 15 is 0 Å². The van der Waals surface area contributed by atoms with Gasteiger partial charge in [0.05, 0.1) is 29.3 Å².